The van der Waals surface area contributed by atoms with Crippen molar-refractivity contribution in [1.29, 1.82) is 0 Å². The van der Waals surface area contributed by atoms with E-state index >= 15 is 0 Å². The van der Waals surface area contributed by atoms with E-state index in [0.29, 0.717) is 18.7 Å². The smallest absolute Gasteiger partial charge is 0.469 e. The van der Waals surface area contributed by atoms with Gasteiger partial charge in [0.05, 0.1) is 24.5 Å². The lowest BCUT2D eigenvalue weighted by molar-refractivity contribution is -0.217. The summed E-state index contributed by atoms with van der Waals surface area (Å²) in [4.78, 5) is 30.5. The summed E-state index contributed by atoms with van der Waals surface area (Å²) < 4.78 is 82.5. The molecule has 0 bridgehead atoms. The van der Waals surface area contributed by atoms with E-state index in [1.165, 1.54) is 19.2 Å². The molecule has 44 heavy (non-hydrogen) atoms. The van der Waals surface area contributed by atoms with E-state index < -0.39 is 52.3 Å². The number of H-pyrrole nitrogens is 1. The Morgan fingerprint density at radius 3 is 2.43 bits per heavy atom. The first-order valence-corrected chi connectivity index (χ1v) is 15.7. The number of benzene rings is 2. The summed E-state index contributed by atoms with van der Waals surface area (Å²) in [6, 6.07) is 13.5. The van der Waals surface area contributed by atoms with Gasteiger partial charge in [0.15, 0.2) is 0 Å². The predicted molar refractivity (Wildman–Crippen MR) is 156 cm³/mol. The summed E-state index contributed by atoms with van der Waals surface area (Å²) in [5.41, 5.74) is 1.39. The molecule has 0 amide bonds. The van der Waals surface area contributed by atoms with E-state index in [2.05, 4.69) is 4.98 Å². The van der Waals surface area contributed by atoms with Gasteiger partial charge in [0.1, 0.15) is 5.60 Å². The van der Waals surface area contributed by atoms with E-state index in [-0.39, 0.29) is 30.7 Å². The van der Waals surface area contributed by atoms with Gasteiger partial charge in [-0.3, -0.25) is 8.98 Å². The lowest BCUT2D eigenvalue weighted by Crippen LogP contribution is -2.49. The van der Waals surface area contributed by atoms with Gasteiger partial charge < -0.3 is 19.4 Å². The standard InChI is InChI=1S/C31H37F3N2O7S/c1-5-30(43-29(38)31(32,33)34)17-21(18-42-44(39,40)22-12-10-20(2)11-13-22)16-25(28(37)41-4)27-24(14-15-36(3)19-30)23-8-6-7-9-26(23)35-27/h6-13,21,25,35H,5,14-19H2,1-4H3/t21-,25?,30+/m1/s1. The van der Waals surface area contributed by atoms with Crippen molar-refractivity contribution in [3.05, 3.63) is 65.4 Å². The van der Waals surface area contributed by atoms with Crippen LogP contribution < -0.4 is 0 Å². The monoisotopic (exact) mass is 638 g/mol. The maximum atomic E-state index is 13.5. The van der Waals surface area contributed by atoms with Crippen LogP contribution in [0.25, 0.3) is 10.9 Å². The van der Waals surface area contributed by atoms with E-state index in [0.717, 1.165) is 22.0 Å². The van der Waals surface area contributed by atoms with Gasteiger partial charge in [-0.05, 0) is 69.3 Å². The maximum Gasteiger partial charge on any atom is 0.490 e. The van der Waals surface area contributed by atoms with Crippen molar-refractivity contribution < 1.29 is 44.8 Å². The van der Waals surface area contributed by atoms with Gasteiger partial charge in [0.25, 0.3) is 10.1 Å². The number of fused-ring (bicyclic) bond motifs is 3. The average Bonchev–Trinajstić information content (AvgIpc) is 3.33. The van der Waals surface area contributed by atoms with Crippen LogP contribution in [0.2, 0.25) is 0 Å². The molecule has 1 aliphatic heterocycles. The summed E-state index contributed by atoms with van der Waals surface area (Å²) >= 11 is 0. The molecule has 3 atom stereocenters. The molecule has 4 rings (SSSR count). The number of carbonyl (C=O) groups excluding carboxylic acids is 2. The Balaban J connectivity index is 1.80. The Morgan fingerprint density at radius 2 is 1.80 bits per heavy atom. The molecule has 1 N–H and O–H groups in total. The summed E-state index contributed by atoms with van der Waals surface area (Å²) in [5, 5.41) is 0.879. The van der Waals surface area contributed by atoms with Crippen molar-refractivity contribution in [3.63, 3.8) is 0 Å². The van der Waals surface area contributed by atoms with Crippen LogP contribution in [-0.4, -0.2) is 75.9 Å². The Labute approximate surface area is 254 Å². The maximum absolute atomic E-state index is 13.5. The van der Waals surface area contributed by atoms with Crippen molar-refractivity contribution in [1.82, 2.24) is 9.88 Å². The highest BCUT2D eigenvalue weighted by Crippen LogP contribution is 2.39. The van der Waals surface area contributed by atoms with Crippen LogP contribution in [0.5, 0.6) is 0 Å². The van der Waals surface area contributed by atoms with Crippen molar-refractivity contribution in [3.8, 4) is 0 Å². The minimum atomic E-state index is -5.24. The Morgan fingerprint density at radius 1 is 1.11 bits per heavy atom. The molecule has 0 fully saturated rings. The van der Waals surface area contributed by atoms with Crippen molar-refractivity contribution >= 4 is 33.0 Å². The summed E-state index contributed by atoms with van der Waals surface area (Å²) in [5.74, 6) is -4.73. The molecule has 0 aliphatic carbocycles. The largest absolute Gasteiger partial charge is 0.490 e. The zero-order valence-corrected chi connectivity index (χ0v) is 25.9. The number of nitrogens with zero attached hydrogens (tertiary/aromatic N) is 1. The van der Waals surface area contributed by atoms with E-state index in [4.69, 9.17) is 13.7 Å². The molecule has 240 valence electrons. The fourth-order valence-corrected chi connectivity index (χ4v) is 6.86. The van der Waals surface area contributed by atoms with Crippen LogP contribution in [0.1, 0.15) is 48.9 Å². The number of carbonyl (C=O) groups is 2. The van der Waals surface area contributed by atoms with Gasteiger partial charge in [0.2, 0.25) is 0 Å². The third-order valence-corrected chi connectivity index (χ3v) is 9.46. The molecule has 1 aliphatic rings. The Hall–Kier alpha value is -3.42. The van der Waals surface area contributed by atoms with Crippen LogP contribution in [0.3, 0.4) is 0 Å². The summed E-state index contributed by atoms with van der Waals surface area (Å²) in [7, 11) is -1.32. The number of hydrogen-bond donors (Lipinski definition) is 1. The lowest BCUT2D eigenvalue weighted by atomic mass is 9.81. The first kappa shape index (κ1) is 33.5. The Bertz CT molecular complexity index is 1590. The SMILES string of the molecule is CC[C@]1(OC(=O)C(F)(F)F)C[C@H](COS(=O)(=O)c2ccc(C)cc2)CC(C(=O)OC)c2[nH]c3ccccc3c2CCN(C)C1. The second-order valence-electron chi connectivity index (χ2n) is 11.4. The number of likely N-dealkylation sites (N-methyl/N-ethyl adjacent to an activating group) is 1. The zero-order valence-electron chi connectivity index (χ0n) is 25.1. The van der Waals surface area contributed by atoms with Crippen LogP contribution in [0.4, 0.5) is 13.2 Å². The topological polar surface area (TPSA) is 115 Å². The molecule has 3 aromatic rings. The quantitative estimate of drug-likeness (QED) is 0.275. The summed E-state index contributed by atoms with van der Waals surface area (Å²) in [6.07, 6.45) is -5.07. The third-order valence-electron chi connectivity index (χ3n) is 8.17. The van der Waals surface area contributed by atoms with Crippen molar-refractivity contribution in [2.24, 2.45) is 5.92 Å². The molecule has 1 aromatic heterocycles. The number of halogens is 3. The molecule has 2 heterocycles. The highest BCUT2D eigenvalue weighted by molar-refractivity contribution is 7.86. The van der Waals surface area contributed by atoms with Gasteiger partial charge in [-0.25, -0.2) is 4.79 Å². The number of hydrogen-bond acceptors (Lipinski definition) is 8. The fraction of sp³-hybridized carbons (Fsp3) is 0.484. The second-order valence-corrected chi connectivity index (χ2v) is 13.0. The average molecular weight is 639 g/mol. The fourth-order valence-electron chi connectivity index (χ4n) is 5.89. The molecule has 13 heteroatoms. The van der Waals surface area contributed by atoms with Crippen molar-refractivity contribution in [2.45, 2.75) is 62.1 Å². The number of methoxy groups -OCH3 is 1. The highest BCUT2D eigenvalue weighted by atomic mass is 32.2. The predicted octanol–water partition coefficient (Wildman–Crippen LogP) is 5.28. The normalized spacial score (nSPS) is 22.2. The number of alkyl halides is 3. The number of ether oxygens (including phenoxy) is 2. The lowest BCUT2D eigenvalue weighted by Gasteiger charge is -2.38. The summed E-state index contributed by atoms with van der Waals surface area (Å²) in [6.45, 7) is 3.24. The number of nitrogens with one attached hydrogen (secondary N) is 1. The zero-order chi connectivity index (χ0) is 32.3. The van der Waals surface area contributed by atoms with E-state index in [1.807, 2.05) is 24.3 Å². The number of esters is 2. The van der Waals surface area contributed by atoms with Crippen molar-refractivity contribution in [2.75, 3.05) is 33.9 Å². The number of aromatic amines is 1. The molecule has 0 spiro atoms. The minimum Gasteiger partial charge on any atom is -0.469 e. The van der Waals surface area contributed by atoms with E-state index in [1.54, 1.807) is 37.9 Å². The molecule has 0 radical (unpaired) electrons. The van der Waals surface area contributed by atoms with E-state index in [9.17, 15) is 31.2 Å². The van der Waals surface area contributed by atoms with Gasteiger partial charge >= 0.3 is 18.1 Å². The van der Waals surface area contributed by atoms with Crippen LogP contribution in [-0.2, 0) is 39.8 Å². The van der Waals surface area contributed by atoms with Crippen LogP contribution >= 0.6 is 0 Å². The molecule has 0 saturated heterocycles. The number of aryl methyl sites for hydroxylation is 1. The van der Waals surface area contributed by atoms with Gasteiger partial charge in [-0.15, -0.1) is 0 Å². The molecule has 2 aromatic carbocycles. The number of aromatic nitrogens is 1. The first-order chi connectivity index (χ1) is 20.7. The highest BCUT2D eigenvalue weighted by Gasteiger charge is 2.48. The van der Waals surface area contributed by atoms with Crippen LogP contribution in [0, 0.1) is 12.8 Å². The second kappa shape index (κ2) is 13.3. The molecule has 0 saturated carbocycles. The van der Waals surface area contributed by atoms with Gasteiger partial charge in [-0.2, -0.15) is 21.6 Å². The number of para-hydroxylation sites is 1. The third kappa shape index (κ3) is 7.62. The molecular weight excluding hydrogens is 601 g/mol. The molecule has 9 nitrogen and oxygen atoms in total. The van der Waals surface area contributed by atoms with Crippen LogP contribution in [0.15, 0.2) is 53.4 Å². The molecule has 1 unspecified atom stereocenters. The minimum absolute atomic E-state index is 0.00249. The molecular formula is C31H37F3N2O7S. The first-order valence-electron chi connectivity index (χ1n) is 14.3. The van der Waals surface area contributed by atoms with Gasteiger partial charge in [-0.1, -0.05) is 42.8 Å². The Kier molecular flexibility index (Phi) is 10.1. The van der Waals surface area contributed by atoms with Gasteiger partial charge in [0, 0.05) is 29.7 Å². The number of rotatable bonds is 7.